The second-order valence-corrected chi connectivity index (χ2v) is 10.8. The molecule has 0 saturated carbocycles. The number of halogens is 2. The van der Waals surface area contributed by atoms with Gasteiger partial charge in [0.25, 0.3) is 0 Å². The van der Waals surface area contributed by atoms with Gasteiger partial charge in [-0.25, -0.2) is 0 Å². The zero-order valence-corrected chi connectivity index (χ0v) is 21.4. The number of rotatable bonds is 7. The van der Waals surface area contributed by atoms with Crippen LogP contribution in [0.1, 0.15) is 75.5 Å². The van der Waals surface area contributed by atoms with Crippen LogP contribution in [0.4, 0.5) is 0 Å². The fourth-order valence-corrected chi connectivity index (χ4v) is 6.15. The number of likely N-dealkylation sites (tertiary alicyclic amines) is 1. The van der Waals surface area contributed by atoms with E-state index in [0.717, 1.165) is 49.7 Å². The van der Waals surface area contributed by atoms with Gasteiger partial charge in [-0.15, -0.1) is 0 Å². The van der Waals surface area contributed by atoms with E-state index in [4.69, 9.17) is 27.9 Å². The number of hydrogen-bond donors (Lipinski definition) is 0. The molecule has 6 heteroatoms. The summed E-state index contributed by atoms with van der Waals surface area (Å²) in [6.45, 7) is 4.77. The summed E-state index contributed by atoms with van der Waals surface area (Å²) >= 11 is 12.6. The standard InChI is InChI=1S/C28H33Cl2NO3/c1-3-24(25-9-4-5-16-34-25)31-26(19-10-12-21(29)13-11-19)23(20-7-6-8-22(30)17-20)18-28(2,14-15-32)27(31)33/h6-8,10-13,15,17,23-26H,3-5,9,14,16,18H2,1-2H3. The first-order valence-electron chi connectivity index (χ1n) is 12.3. The Balaban J connectivity index is 1.88. The van der Waals surface area contributed by atoms with Crippen molar-refractivity contribution in [3.8, 4) is 0 Å². The number of piperidine rings is 1. The molecule has 34 heavy (non-hydrogen) atoms. The van der Waals surface area contributed by atoms with Crippen molar-refractivity contribution in [2.45, 2.75) is 76.5 Å². The molecular formula is C28H33Cl2NO3. The number of benzene rings is 2. The summed E-state index contributed by atoms with van der Waals surface area (Å²) in [6, 6.07) is 15.4. The van der Waals surface area contributed by atoms with Crippen LogP contribution >= 0.6 is 23.2 Å². The van der Waals surface area contributed by atoms with Gasteiger partial charge < -0.3 is 14.4 Å². The Kier molecular flexibility index (Phi) is 8.01. The number of ether oxygens (including phenoxy) is 1. The highest BCUT2D eigenvalue weighted by molar-refractivity contribution is 6.30. The van der Waals surface area contributed by atoms with Crippen LogP contribution in [0.2, 0.25) is 10.0 Å². The van der Waals surface area contributed by atoms with Gasteiger partial charge in [-0.05, 0) is 67.5 Å². The molecule has 2 aliphatic rings. The van der Waals surface area contributed by atoms with Crippen LogP contribution in [0.15, 0.2) is 48.5 Å². The number of amides is 1. The van der Waals surface area contributed by atoms with E-state index in [1.165, 1.54) is 0 Å². The van der Waals surface area contributed by atoms with E-state index in [1.807, 2.05) is 49.4 Å². The van der Waals surface area contributed by atoms with E-state index in [-0.39, 0.29) is 36.4 Å². The molecule has 0 aliphatic carbocycles. The number of hydrogen-bond acceptors (Lipinski definition) is 3. The predicted octanol–water partition coefficient (Wildman–Crippen LogP) is 6.99. The van der Waals surface area contributed by atoms with Crippen LogP contribution < -0.4 is 0 Å². The Hall–Kier alpha value is -1.88. The van der Waals surface area contributed by atoms with E-state index in [0.29, 0.717) is 16.5 Å². The monoisotopic (exact) mass is 501 g/mol. The van der Waals surface area contributed by atoms with Crippen LogP contribution in [0.25, 0.3) is 0 Å². The molecule has 2 saturated heterocycles. The van der Waals surface area contributed by atoms with E-state index in [9.17, 15) is 9.59 Å². The van der Waals surface area contributed by atoms with Crippen LogP contribution in [0.3, 0.4) is 0 Å². The van der Waals surface area contributed by atoms with Crippen molar-refractivity contribution in [3.05, 3.63) is 69.7 Å². The van der Waals surface area contributed by atoms with Crippen LogP contribution in [0.5, 0.6) is 0 Å². The van der Waals surface area contributed by atoms with Crippen molar-refractivity contribution in [1.29, 1.82) is 0 Å². The van der Waals surface area contributed by atoms with E-state index >= 15 is 0 Å². The average Bonchev–Trinajstić information content (AvgIpc) is 2.84. The molecule has 0 radical (unpaired) electrons. The second-order valence-electron chi connectivity index (χ2n) is 9.89. The van der Waals surface area contributed by atoms with E-state index in [2.05, 4.69) is 17.9 Å². The Morgan fingerprint density at radius 3 is 2.50 bits per heavy atom. The maximum absolute atomic E-state index is 14.2. The minimum absolute atomic E-state index is 0.0175. The summed E-state index contributed by atoms with van der Waals surface area (Å²) in [7, 11) is 0. The van der Waals surface area contributed by atoms with Crippen LogP contribution in [-0.2, 0) is 14.3 Å². The third-order valence-electron chi connectivity index (χ3n) is 7.54. The Morgan fingerprint density at radius 2 is 1.88 bits per heavy atom. The SMILES string of the molecule is CCC(C1CCCCO1)N1C(=O)C(C)(CC=O)CC(c2cccc(Cl)c2)C1c1ccc(Cl)cc1. The third kappa shape index (κ3) is 5.05. The molecule has 0 aromatic heterocycles. The molecule has 5 unspecified atom stereocenters. The molecule has 1 amide bonds. The second kappa shape index (κ2) is 10.8. The maximum atomic E-state index is 14.2. The number of nitrogens with zero attached hydrogens (tertiary/aromatic N) is 1. The molecule has 0 bridgehead atoms. The lowest BCUT2D eigenvalue weighted by molar-refractivity contribution is -0.162. The summed E-state index contributed by atoms with van der Waals surface area (Å²) in [5.74, 6) is -0.000910. The summed E-state index contributed by atoms with van der Waals surface area (Å²) in [6.07, 6.45) is 5.48. The number of carbonyl (C=O) groups excluding carboxylic acids is 2. The fourth-order valence-electron chi connectivity index (χ4n) is 5.83. The first-order chi connectivity index (χ1) is 16.4. The molecule has 2 aromatic carbocycles. The van der Waals surface area contributed by atoms with Crippen molar-refractivity contribution in [2.75, 3.05) is 6.61 Å². The predicted molar refractivity (Wildman–Crippen MR) is 136 cm³/mol. The van der Waals surface area contributed by atoms with Gasteiger partial charge in [0.2, 0.25) is 5.91 Å². The van der Waals surface area contributed by atoms with Gasteiger partial charge in [0.05, 0.1) is 23.6 Å². The Labute approximate surface area is 212 Å². The molecular weight excluding hydrogens is 469 g/mol. The lowest BCUT2D eigenvalue weighted by Crippen LogP contribution is -2.59. The molecule has 0 N–H and O–H groups in total. The molecule has 4 rings (SSSR count). The van der Waals surface area contributed by atoms with Crippen molar-refractivity contribution >= 4 is 35.4 Å². The zero-order chi connectivity index (χ0) is 24.3. The molecule has 4 nitrogen and oxygen atoms in total. The van der Waals surface area contributed by atoms with Gasteiger partial charge in [-0.3, -0.25) is 4.79 Å². The molecule has 2 fully saturated rings. The fraction of sp³-hybridized carbons (Fsp3) is 0.500. The lowest BCUT2D eigenvalue weighted by atomic mass is 9.67. The third-order valence-corrected chi connectivity index (χ3v) is 8.03. The van der Waals surface area contributed by atoms with Gasteiger partial charge in [0.15, 0.2) is 0 Å². The first kappa shape index (κ1) is 25.2. The first-order valence-corrected chi connectivity index (χ1v) is 13.0. The van der Waals surface area contributed by atoms with Gasteiger partial charge in [0, 0.05) is 29.0 Å². The zero-order valence-electron chi connectivity index (χ0n) is 19.9. The quantitative estimate of drug-likeness (QED) is 0.383. The maximum Gasteiger partial charge on any atom is 0.229 e. The minimum atomic E-state index is -0.792. The molecule has 2 aliphatic heterocycles. The number of carbonyl (C=O) groups is 2. The minimum Gasteiger partial charge on any atom is -0.376 e. The number of aldehydes is 1. The van der Waals surface area contributed by atoms with Crippen molar-refractivity contribution in [1.82, 2.24) is 4.90 Å². The largest absolute Gasteiger partial charge is 0.376 e. The highest BCUT2D eigenvalue weighted by Gasteiger charge is 2.52. The van der Waals surface area contributed by atoms with Crippen LogP contribution in [-0.4, -0.2) is 35.8 Å². The average molecular weight is 502 g/mol. The highest BCUT2D eigenvalue weighted by atomic mass is 35.5. The van der Waals surface area contributed by atoms with Crippen LogP contribution in [0, 0.1) is 5.41 Å². The van der Waals surface area contributed by atoms with Gasteiger partial charge in [-0.2, -0.15) is 0 Å². The van der Waals surface area contributed by atoms with E-state index < -0.39 is 5.41 Å². The Morgan fingerprint density at radius 1 is 1.12 bits per heavy atom. The van der Waals surface area contributed by atoms with Crippen molar-refractivity contribution in [2.24, 2.45) is 5.41 Å². The van der Waals surface area contributed by atoms with Gasteiger partial charge in [0.1, 0.15) is 6.29 Å². The normalized spacial score (nSPS) is 28.5. The molecule has 0 spiro atoms. The topological polar surface area (TPSA) is 46.6 Å². The van der Waals surface area contributed by atoms with Crippen molar-refractivity contribution < 1.29 is 14.3 Å². The molecule has 182 valence electrons. The smallest absolute Gasteiger partial charge is 0.229 e. The summed E-state index contributed by atoms with van der Waals surface area (Å²) in [4.78, 5) is 28.0. The summed E-state index contributed by atoms with van der Waals surface area (Å²) in [5, 5.41) is 1.32. The van der Waals surface area contributed by atoms with Crippen molar-refractivity contribution in [3.63, 3.8) is 0 Å². The molecule has 2 heterocycles. The summed E-state index contributed by atoms with van der Waals surface area (Å²) < 4.78 is 6.22. The highest BCUT2D eigenvalue weighted by Crippen LogP contribution is 2.52. The van der Waals surface area contributed by atoms with Gasteiger partial charge in [-0.1, -0.05) is 61.3 Å². The lowest BCUT2D eigenvalue weighted by Gasteiger charge is -2.53. The Bertz CT molecular complexity index is 1000. The van der Waals surface area contributed by atoms with Gasteiger partial charge >= 0.3 is 0 Å². The molecule has 2 aromatic rings. The van der Waals surface area contributed by atoms with E-state index in [1.54, 1.807) is 0 Å². The molecule has 5 atom stereocenters. The summed E-state index contributed by atoms with van der Waals surface area (Å²) in [5.41, 5.74) is 1.31.